The monoisotopic (exact) mass is 356 g/mol. The van der Waals surface area contributed by atoms with Crippen molar-refractivity contribution in [2.24, 2.45) is 0 Å². The smallest absolute Gasteiger partial charge is 0.200 e. The predicted molar refractivity (Wildman–Crippen MR) is 108 cm³/mol. The molecule has 0 N–H and O–H groups in total. The van der Waals surface area contributed by atoms with Crippen molar-refractivity contribution in [3.05, 3.63) is 94.1 Å². The maximum Gasteiger partial charge on any atom is 0.200 e. The van der Waals surface area contributed by atoms with Crippen LogP contribution in [0.15, 0.2) is 88.1 Å². The van der Waals surface area contributed by atoms with E-state index in [0.717, 1.165) is 21.9 Å². The van der Waals surface area contributed by atoms with Gasteiger partial charge >= 0.3 is 0 Å². The van der Waals surface area contributed by atoms with E-state index >= 15 is 0 Å². The number of fused-ring (bicyclic) bond motifs is 4. The maximum absolute atomic E-state index is 13.1. The van der Waals surface area contributed by atoms with Crippen molar-refractivity contribution in [3.8, 4) is 11.1 Å². The first-order valence-electron chi connectivity index (χ1n) is 8.35. The molecule has 26 heavy (non-hydrogen) atoms. The van der Waals surface area contributed by atoms with Gasteiger partial charge in [0.2, 0.25) is 5.43 Å². The van der Waals surface area contributed by atoms with Crippen LogP contribution in [0.1, 0.15) is 0 Å². The summed E-state index contributed by atoms with van der Waals surface area (Å²) in [6.07, 6.45) is 0. The van der Waals surface area contributed by atoms with Crippen LogP contribution in [0.2, 0.25) is 5.02 Å². The van der Waals surface area contributed by atoms with Gasteiger partial charge in [-0.2, -0.15) is 0 Å². The highest BCUT2D eigenvalue weighted by molar-refractivity contribution is 6.30. The third kappa shape index (κ3) is 2.23. The molecule has 1 aromatic heterocycles. The summed E-state index contributed by atoms with van der Waals surface area (Å²) < 4.78 is 6.13. The van der Waals surface area contributed by atoms with Crippen molar-refractivity contribution in [3.63, 3.8) is 0 Å². The number of para-hydroxylation sites is 1. The summed E-state index contributed by atoms with van der Waals surface area (Å²) in [5, 5.41) is 3.84. The van der Waals surface area contributed by atoms with Gasteiger partial charge in [-0.15, -0.1) is 0 Å². The van der Waals surface area contributed by atoms with E-state index in [0.29, 0.717) is 27.0 Å². The average molecular weight is 357 g/mol. The van der Waals surface area contributed by atoms with Crippen molar-refractivity contribution in [2.75, 3.05) is 0 Å². The number of hydrogen-bond donors (Lipinski definition) is 0. The molecule has 0 bridgehead atoms. The van der Waals surface area contributed by atoms with Gasteiger partial charge in [-0.1, -0.05) is 60.1 Å². The Morgan fingerprint density at radius 1 is 0.692 bits per heavy atom. The topological polar surface area (TPSA) is 30.2 Å². The summed E-state index contributed by atoms with van der Waals surface area (Å²) in [7, 11) is 0. The highest BCUT2D eigenvalue weighted by atomic mass is 35.5. The van der Waals surface area contributed by atoms with Gasteiger partial charge in [0.05, 0.1) is 10.8 Å². The van der Waals surface area contributed by atoms with Gasteiger partial charge in [0.15, 0.2) is 0 Å². The van der Waals surface area contributed by atoms with Gasteiger partial charge in [0.25, 0.3) is 0 Å². The fraction of sp³-hybridized carbons (Fsp3) is 0. The lowest BCUT2D eigenvalue weighted by atomic mass is 9.95. The van der Waals surface area contributed by atoms with Crippen LogP contribution in [0.4, 0.5) is 0 Å². The lowest BCUT2D eigenvalue weighted by Gasteiger charge is -2.11. The van der Waals surface area contributed by atoms with E-state index in [-0.39, 0.29) is 5.43 Å². The van der Waals surface area contributed by atoms with E-state index in [4.69, 9.17) is 16.0 Å². The third-order valence-electron chi connectivity index (χ3n) is 4.74. The van der Waals surface area contributed by atoms with Crippen LogP contribution in [-0.2, 0) is 0 Å². The van der Waals surface area contributed by atoms with Crippen LogP contribution in [0.25, 0.3) is 43.8 Å². The Kier molecular flexibility index (Phi) is 3.34. The molecule has 4 aromatic carbocycles. The van der Waals surface area contributed by atoms with Crippen LogP contribution < -0.4 is 5.43 Å². The van der Waals surface area contributed by atoms with Gasteiger partial charge in [-0.05, 0) is 46.8 Å². The molecule has 5 rings (SSSR count). The molecule has 0 aliphatic carbocycles. The lowest BCUT2D eigenvalue weighted by molar-refractivity contribution is 0.664. The molecule has 0 fully saturated rings. The fourth-order valence-electron chi connectivity index (χ4n) is 3.49. The first-order chi connectivity index (χ1) is 12.7. The first-order valence-corrected chi connectivity index (χ1v) is 8.73. The van der Waals surface area contributed by atoms with E-state index in [9.17, 15) is 4.79 Å². The van der Waals surface area contributed by atoms with Crippen LogP contribution >= 0.6 is 11.6 Å². The zero-order chi connectivity index (χ0) is 17.7. The summed E-state index contributed by atoms with van der Waals surface area (Å²) in [5.41, 5.74) is 3.23. The van der Waals surface area contributed by atoms with Crippen molar-refractivity contribution < 1.29 is 4.42 Å². The number of rotatable bonds is 1. The standard InChI is InChI=1S/C23H13ClO2/c24-15-11-9-14(10-12-15)19-13-20-22(25)18-7-3-4-8-21(18)26-23(20)17-6-2-1-5-16(17)19/h1-13H. The van der Waals surface area contributed by atoms with Gasteiger partial charge in [-0.25, -0.2) is 0 Å². The van der Waals surface area contributed by atoms with Gasteiger partial charge in [0, 0.05) is 10.4 Å². The minimum absolute atomic E-state index is 0.0113. The molecule has 0 aliphatic rings. The van der Waals surface area contributed by atoms with Crippen molar-refractivity contribution in [1.82, 2.24) is 0 Å². The second-order valence-corrected chi connectivity index (χ2v) is 6.72. The number of benzene rings is 4. The summed E-state index contributed by atoms with van der Waals surface area (Å²) in [5.74, 6) is 0. The molecule has 0 unspecified atom stereocenters. The Balaban J connectivity index is 2.00. The molecule has 0 atom stereocenters. The van der Waals surface area contributed by atoms with Gasteiger partial charge in [-0.3, -0.25) is 4.79 Å². The van der Waals surface area contributed by atoms with Crippen LogP contribution in [0.3, 0.4) is 0 Å². The molecule has 0 saturated carbocycles. The predicted octanol–water partition coefficient (Wildman–Crippen LogP) is 6.42. The van der Waals surface area contributed by atoms with Crippen LogP contribution in [0.5, 0.6) is 0 Å². The van der Waals surface area contributed by atoms with Crippen LogP contribution in [-0.4, -0.2) is 0 Å². The highest BCUT2D eigenvalue weighted by Crippen LogP contribution is 2.35. The molecule has 0 amide bonds. The fourth-order valence-corrected chi connectivity index (χ4v) is 3.62. The minimum atomic E-state index is -0.0113. The molecule has 124 valence electrons. The van der Waals surface area contributed by atoms with Gasteiger partial charge in [0.1, 0.15) is 11.2 Å². The SMILES string of the molecule is O=c1c2ccccc2oc2c1cc(-c1ccc(Cl)cc1)c1ccccc12. The minimum Gasteiger partial charge on any atom is -0.455 e. The highest BCUT2D eigenvalue weighted by Gasteiger charge is 2.14. The molecule has 0 spiro atoms. The second kappa shape index (κ2) is 5.72. The van der Waals surface area contributed by atoms with Crippen molar-refractivity contribution in [1.29, 1.82) is 0 Å². The Labute approximate surface area is 154 Å². The summed E-state index contributed by atoms with van der Waals surface area (Å²) in [6, 6.07) is 25.0. The maximum atomic E-state index is 13.1. The molecule has 0 aliphatic heterocycles. The van der Waals surface area contributed by atoms with Crippen molar-refractivity contribution in [2.45, 2.75) is 0 Å². The summed E-state index contributed by atoms with van der Waals surface area (Å²) >= 11 is 6.04. The van der Waals surface area contributed by atoms with E-state index in [1.54, 1.807) is 6.07 Å². The lowest BCUT2D eigenvalue weighted by Crippen LogP contribution is -2.02. The molecule has 5 aromatic rings. The Morgan fingerprint density at radius 3 is 2.12 bits per heavy atom. The summed E-state index contributed by atoms with van der Waals surface area (Å²) in [4.78, 5) is 13.1. The largest absolute Gasteiger partial charge is 0.455 e. The van der Waals surface area contributed by atoms with Crippen LogP contribution in [0, 0.1) is 0 Å². The molecule has 3 heteroatoms. The first kappa shape index (κ1) is 15.2. The quantitative estimate of drug-likeness (QED) is 0.256. The molecule has 2 nitrogen and oxygen atoms in total. The Bertz CT molecular complexity index is 1350. The van der Waals surface area contributed by atoms with Gasteiger partial charge < -0.3 is 4.42 Å². The number of hydrogen-bond acceptors (Lipinski definition) is 2. The molecule has 0 saturated heterocycles. The molecule has 1 heterocycles. The van der Waals surface area contributed by atoms with Crippen molar-refractivity contribution >= 4 is 44.3 Å². The number of halogens is 1. The molecular weight excluding hydrogens is 344 g/mol. The summed E-state index contributed by atoms with van der Waals surface area (Å²) in [6.45, 7) is 0. The molecular formula is C23H13ClO2. The van der Waals surface area contributed by atoms with E-state index in [2.05, 4.69) is 0 Å². The third-order valence-corrected chi connectivity index (χ3v) is 4.99. The van der Waals surface area contributed by atoms with E-state index in [1.807, 2.05) is 72.8 Å². The molecule has 0 radical (unpaired) electrons. The van der Waals surface area contributed by atoms with E-state index < -0.39 is 0 Å². The Hall–Kier alpha value is -3.10. The zero-order valence-electron chi connectivity index (χ0n) is 13.7. The Morgan fingerprint density at radius 2 is 1.35 bits per heavy atom. The zero-order valence-corrected chi connectivity index (χ0v) is 14.5. The second-order valence-electron chi connectivity index (χ2n) is 6.28. The normalized spacial score (nSPS) is 11.4. The van der Waals surface area contributed by atoms with E-state index in [1.165, 1.54) is 0 Å². The average Bonchev–Trinajstić information content (AvgIpc) is 2.69.